The number of aliphatic carboxylic acids is 1. The molecule has 4 atom stereocenters. The number of ether oxygens (including phenoxy) is 2. The van der Waals surface area contributed by atoms with Crippen molar-refractivity contribution in [2.24, 2.45) is 0 Å². The monoisotopic (exact) mass is 816 g/mol. The summed E-state index contributed by atoms with van der Waals surface area (Å²) in [4.78, 5) is 69.4. The van der Waals surface area contributed by atoms with Crippen molar-refractivity contribution in [3.05, 3.63) is 142 Å². The Labute approximate surface area is 347 Å². The van der Waals surface area contributed by atoms with Gasteiger partial charge in [-0.2, -0.15) is 0 Å². The summed E-state index contributed by atoms with van der Waals surface area (Å²) in [5.74, 6) is -2.87. The number of nitrogens with one attached hydrogen (secondary N) is 4. The van der Waals surface area contributed by atoms with Crippen molar-refractivity contribution in [3.63, 3.8) is 0 Å². The molecule has 2 bridgehead atoms. The van der Waals surface area contributed by atoms with Crippen LogP contribution < -0.4 is 30.7 Å². The minimum atomic E-state index is -1.35. The van der Waals surface area contributed by atoms with Crippen LogP contribution in [0.15, 0.2) is 121 Å². The number of carboxylic acid groups (broad SMARTS) is 1. The molecular formula is C46H48N4O8S. The summed E-state index contributed by atoms with van der Waals surface area (Å²) in [5, 5.41) is 23.2. The molecule has 13 heteroatoms. The molecule has 0 aliphatic carbocycles. The van der Waals surface area contributed by atoms with Gasteiger partial charge in [0, 0.05) is 30.6 Å². The van der Waals surface area contributed by atoms with E-state index in [0.29, 0.717) is 22.6 Å². The van der Waals surface area contributed by atoms with Gasteiger partial charge in [-0.3, -0.25) is 19.2 Å². The number of thiophene rings is 1. The zero-order valence-electron chi connectivity index (χ0n) is 33.1. The third kappa shape index (κ3) is 12.5. The zero-order chi connectivity index (χ0) is 41.9. The smallest absolute Gasteiger partial charge is 0.326 e. The fraction of sp³-hybridized carbons (Fsp3) is 0.283. The summed E-state index contributed by atoms with van der Waals surface area (Å²) in [6.07, 6.45) is 0.119. The first-order chi connectivity index (χ1) is 28.3. The fourth-order valence-electron chi connectivity index (χ4n) is 6.60. The highest BCUT2D eigenvalue weighted by molar-refractivity contribution is 7.09. The van der Waals surface area contributed by atoms with Gasteiger partial charge in [-0.1, -0.05) is 84.9 Å². The Hall–Kier alpha value is -6.47. The average molecular weight is 817 g/mol. The molecule has 5 N–H and O–H groups in total. The van der Waals surface area contributed by atoms with Crippen LogP contribution in [-0.4, -0.2) is 71.1 Å². The van der Waals surface area contributed by atoms with E-state index in [1.807, 2.05) is 92.9 Å². The second-order valence-corrected chi connectivity index (χ2v) is 16.4. The maximum absolute atomic E-state index is 14.5. The Morgan fingerprint density at radius 2 is 1.24 bits per heavy atom. The van der Waals surface area contributed by atoms with Crippen LogP contribution in [0.25, 0.3) is 11.1 Å². The molecule has 2 aliphatic rings. The van der Waals surface area contributed by atoms with E-state index in [4.69, 9.17) is 9.47 Å². The number of fused-ring (bicyclic) bond motifs is 16. The fourth-order valence-corrected chi connectivity index (χ4v) is 7.35. The quantitative estimate of drug-likeness (QED) is 0.125. The number of amides is 4. The zero-order valence-corrected chi connectivity index (χ0v) is 33.9. The summed E-state index contributed by atoms with van der Waals surface area (Å²) in [7, 11) is 0. The molecule has 4 amide bonds. The van der Waals surface area contributed by atoms with Crippen molar-refractivity contribution in [1.29, 1.82) is 0 Å². The summed E-state index contributed by atoms with van der Waals surface area (Å²) in [6.45, 7) is 5.38. The molecule has 1 aromatic heterocycles. The first-order valence-electron chi connectivity index (χ1n) is 19.4. The number of hydrogen-bond donors (Lipinski definition) is 5. The highest BCUT2D eigenvalue weighted by atomic mass is 32.1. The first kappa shape index (κ1) is 42.1. The van der Waals surface area contributed by atoms with Gasteiger partial charge in [0.1, 0.15) is 41.3 Å². The largest absolute Gasteiger partial charge is 0.488 e. The van der Waals surface area contributed by atoms with Gasteiger partial charge in [-0.05, 0) is 84.3 Å². The molecule has 0 unspecified atom stereocenters. The number of carboxylic acids is 1. The predicted molar refractivity (Wildman–Crippen MR) is 225 cm³/mol. The highest BCUT2D eigenvalue weighted by Gasteiger charge is 2.32. The average Bonchev–Trinajstić information content (AvgIpc) is 3.73. The SMILES string of the molecule is CC(C)(C)Oc1ccc(C[C@@H]2NC(=O)[C@H](Cc3ccc(-c4ccccc4)cc3)NC(=O)[C@H](Cc3cccs3)NC(=O)COc3ccc(cc3)C[C@@H](C(=O)O)NC2=O)cc1. The van der Waals surface area contributed by atoms with Crippen molar-refractivity contribution < 1.29 is 38.6 Å². The Morgan fingerprint density at radius 3 is 1.80 bits per heavy atom. The van der Waals surface area contributed by atoms with E-state index in [1.54, 1.807) is 48.5 Å². The number of carbonyl (C=O) groups is 5. The molecule has 0 spiro atoms. The Kier molecular flexibility index (Phi) is 13.8. The molecule has 0 saturated heterocycles. The molecular weight excluding hydrogens is 769 g/mol. The maximum Gasteiger partial charge on any atom is 0.326 e. The molecule has 59 heavy (non-hydrogen) atoms. The molecule has 0 saturated carbocycles. The molecule has 5 aromatic rings. The van der Waals surface area contributed by atoms with Crippen LogP contribution in [0.5, 0.6) is 11.5 Å². The van der Waals surface area contributed by atoms with Gasteiger partial charge in [0.2, 0.25) is 17.7 Å². The standard InChI is InChI=1S/C46H48N4O8S/c1-46(2,3)58-35-21-15-30(16-22-35)25-38-43(53)50-40(45(55)56)26-31-13-19-34(20-14-31)57-28-41(51)47-39(27-36-10-7-23-59-36)44(54)49-37(42(52)48-38)24-29-11-17-33(18-12-29)32-8-5-4-6-9-32/h4-23,37-40H,24-28H2,1-3H3,(H,47,51)(H,48,52)(H,49,54)(H,50,53)(H,55,56)/t37-,38-,39-,40-/m0/s1. The molecule has 12 nitrogen and oxygen atoms in total. The predicted octanol–water partition coefficient (Wildman–Crippen LogP) is 5.28. The molecule has 2 aliphatic heterocycles. The highest BCUT2D eigenvalue weighted by Crippen LogP contribution is 2.22. The maximum atomic E-state index is 14.5. The molecule has 0 radical (unpaired) electrons. The van der Waals surface area contributed by atoms with E-state index in [-0.39, 0.29) is 25.7 Å². The van der Waals surface area contributed by atoms with Crippen molar-refractivity contribution >= 4 is 40.9 Å². The van der Waals surface area contributed by atoms with Crippen LogP contribution in [0.2, 0.25) is 0 Å². The van der Waals surface area contributed by atoms with E-state index < -0.39 is 66.0 Å². The van der Waals surface area contributed by atoms with Crippen LogP contribution in [0, 0.1) is 0 Å². The van der Waals surface area contributed by atoms with E-state index in [1.165, 1.54) is 11.3 Å². The van der Waals surface area contributed by atoms with Gasteiger partial charge in [0.15, 0.2) is 6.61 Å². The van der Waals surface area contributed by atoms with Crippen molar-refractivity contribution in [2.45, 2.75) is 76.2 Å². The molecule has 0 fully saturated rings. The molecule has 4 aromatic carbocycles. The van der Waals surface area contributed by atoms with Gasteiger partial charge >= 0.3 is 5.97 Å². The van der Waals surface area contributed by atoms with Gasteiger partial charge in [0.25, 0.3) is 5.91 Å². The summed E-state index contributed by atoms with van der Waals surface area (Å²) in [6, 6.07) is 29.8. The van der Waals surface area contributed by atoms with Crippen LogP contribution in [0.4, 0.5) is 0 Å². The second-order valence-electron chi connectivity index (χ2n) is 15.4. The lowest BCUT2D eigenvalue weighted by Gasteiger charge is -2.26. The van der Waals surface area contributed by atoms with Crippen molar-refractivity contribution in [3.8, 4) is 22.6 Å². The van der Waals surface area contributed by atoms with Crippen LogP contribution in [0.1, 0.15) is 42.3 Å². The van der Waals surface area contributed by atoms with Gasteiger partial charge in [-0.15, -0.1) is 11.3 Å². The topological polar surface area (TPSA) is 172 Å². The number of hydrogen-bond acceptors (Lipinski definition) is 8. The lowest BCUT2D eigenvalue weighted by molar-refractivity contribution is -0.142. The van der Waals surface area contributed by atoms with E-state index >= 15 is 0 Å². The van der Waals surface area contributed by atoms with Gasteiger partial charge in [0.05, 0.1) is 0 Å². The summed E-state index contributed by atoms with van der Waals surface area (Å²) < 4.78 is 11.7. The number of benzene rings is 4. The summed E-state index contributed by atoms with van der Waals surface area (Å²) >= 11 is 1.43. The van der Waals surface area contributed by atoms with Gasteiger partial charge < -0.3 is 35.8 Å². The molecule has 7 rings (SSSR count). The van der Waals surface area contributed by atoms with Crippen LogP contribution in [0.3, 0.4) is 0 Å². The third-order valence-corrected chi connectivity index (χ3v) is 10.4. The minimum Gasteiger partial charge on any atom is -0.488 e. The Morgan fingerprint density at radius 1 is 0.678 bits per heavy atom. The third-order valence-electron chi connectivity index (χ3n) is 9.54. The summed E-state index contributed by atoms with van der Waals surface area (Å²) in [5.41, 5.74) is 3.51. The Balaban J connectivity index is 1.34. The second kappa shape index (κ2) is 19.3. The molecule has 306 valence electrons. The Bertz CT molecular complexity index is 2200. The normalized spacial score (nSPS) is 19.4. The van der Waals surface area contributed by atoms with E-state index in [2.05, 4.69) is 21.3 Å². The minimum absolute atomic E-state index is 0.00472. The molecule has 3 heterocycles. The van der Waals surface area contributed by atoms with Gasteiger partial charge in [-0.25, -0.2) is 4.79 Å². The van der Waals surface area contributed by atoms with E-state index in [9.17, 15) is 29.1 Å². The lowest BCUT2D eigenvalue weighted by Crippen LogP contribution is -2.59. The number of rotatable bonds is 9. The lowest BCUT2D eigenvalue weighted by atomic mass is 9.99. The first-order valence-corrected chi connectivity index (χ1v) is 20.3. The van der Waals surface area contributed by atoms with Crippen LogP contribution >= 0.6 is 11.3 Å². The van der Waals surface area contributed by atoms with Crippen molar-refractivity contribution in [1.82, 2.24) is 21.3 Å². The van der Waals surface area contributed by atoms with Crippen molar-refractivity contribution in [2.75, 3.05) is 6.61 Å². The number of carbonyl (C=O) groups excluding carboxylic acids is 4. The van der Waals surface area contributed by atoms with Crippen LogP contribution in [-0.2, 0) is 49.7 Å². The van der Waals surface area contributed by atoms with E-state index in [0.717, 1.165) is 21.6 Å².